The minimum Gasteiger partial charge on any atom is -0.309 e. The molecule has 10 aromatic rings. The highest BCUT2D eigenvalue weighted by molar-refractivity contribution is 7.85. The van der Waals surface area contributed by atoms with Crippen LogP contribution in [0.2, 0.25) is 0 Å². The number of nitrogens with zero attached hydrogens (tertiary/aromatic N) is 2. The zero-order chi connectivity index (χ0) is 33.2. The first-order valence-corrected chi connectivity index (χ1v) is 18.6. The minimum absolute atomic E-state index is 0.696. The average Bonchev–Trinajstić information content (AvgIpc) is 3.19. The molecule has 4 heteroatoms. The minimum atomic E-state index is -3.37. The summed E-state index contributed by atoms with van der Waals surface area (Å²) in [7, 11) is -3.37. The van der Waals surface area contributed by atoms with Crippen LogP contribution in [0.25, 0.3) is 76.6 Å². The van der Waals surface area contributed by atoms with Gasteiger partial charge in [0, 0.05) is 32.2 Å². The van der Waals surface area contributed by atoms with Gasteiger partial charge >= 0.3 is 0 Å². The van der Waals surface area contributed by atoms with E-state index < -0.39 is 7.14 Å². The standard InChI is InChI=1S/C46H29N2OP/c49-50(32-17-3-1-4-18-32,33-19-5-2-6-20-33)43-29-40(36-23-11-15-30-13-7-9-21-34(30)36)37-25-27-41-45-42(28-26-39(43)44(37)45)48-46(47-41)38-24-12-16-31-14-8-10-22-35(31)38/h1-29H. The second-order valence-electron chi connectivity index (χ2n) is 12.8. The molecule has 0 aliphatic heterocycles. The molecule has 50 heavy (non-hydrogen) atoms. The lowest BCUT2D eigenvalue weighted by atomic mass is 9.90. The summed E-state index contributed by atoms with van der Waals surface area (Å²) >= 11 is 0. The number of aromatic nitrogens is 2. The fourth-order valence-corrected chi connectivity index (χ4v) is 10.7. The van der Waals surface area contributed by atoms with E-state index >= 15 is 4.57 Å². The molecule has 0 amide bonds. The van der Waals surface area contributed by atoms with Gasteiger partial charge in [-0.1, -0.05) is 158 Å². The summed E-state index contributed by atoms with van der Waals surface area (Å²) in [6.07, 6.45) is 0. The Balaban J connectivity index is 1.36. The van der Waals surface area contributed by atoms with Crippen LogP contribution >= 0.6 is 7.14 Å². The van der Waals surface area contributed by atoms with E-state index in [9.17, 15) is 0 Å². The first-order chi connectivity index (χ1) is 24.7. The summed E-state index contributed by atoms with van der Waals surface area (Å²) in [5, 5.41) is 11.1. The molecule has 0 saturated carbocycles. The van der Waals surface area contributed by atoms with E-state index in [1.165, 1.54) is 0 Å². The first kappa shape index (κ1) is 28.8. The maximum atomic E-state index is 16.1. The molecule has 10 rings (SSSR count). The van der Waals surface area contributed by atoms with Crippen molar-refractivity contribution >= 4 is 77.2 Å². The largest absolute Gasteiger partial charge is 0.309 e. The molecule has 0 radical (unpaired) electrons. The van der Waals surface area contributed by atoms with Crippen molar-refractivity contribution in [3.63, 3.8) is 0 Å². The van der Waals surface area contributed by atoms with Crippen molar-refractivity contribution in [2.24, 2.45) is 0 Å². The molecule has 9 aromatic carbocycles. The number of hydrogen-bond donors (Lipinski definition) is 0. The SMILES string of the molecule is O=P(c1ccccc1)(c1ccccc1)c1cc(-c2cccc3ccccc23)c2ccc3nc(-c4cccc5ccccc45)nc4ccc1c2c34. The molecule has 1 aromatic heterocycles. The van der Waals surface area contributed by atoms with Crippen molar-refractivity contribution in [3.05, 3.63) is 176 Å². The maximum absolute atomic E-state index is 16.1. The molecular formula is C46H29N2OP. The van der Waals surface area contributed by atoms with E-state index in [2.05, 4.69) is 115 Å². The predicted octanol–water partition coefficient (Wildman–Crippen LogP) is 10.7. The van der Waals surface area contributed by atoms with E-state index in [0.29, 0.717) is 5.82 Å². The van der Waals surface area contributed by atoms with E-state index in [1.54, 1.807) is 0 Å². The highest BCUT2D eigenvalue weighted by Gasteiger charge is 2.33. The van der Waals surface area contributed by atoms with Crippen molar-refractivity contribution in [1.82, 2.24) is 9.97 Å². The highest BCUT2D eigenvalue weighted by Crippen LogP contribution is 2.49. The summed E-state index contributed by atoms with van der Waals surface area (Å²) < 4.78 is 16.1. The van der Waals surface area contributed by atoms with Crippen LogP contribution in [0.4, 0.5) is 0 Å². The van der Waals surface area contributed by atoms with Crippen LogP contribution in [-0.4, -0.2) is 9.97 Å². The molecule has 0 unspecified atom stereocenters. The summed E-state index contributed by atoms with van der Waals surface area (Å²) in [5.74, 6) is 0.696. The van der Waals surface area contributed by atoms with Crippen LogP contribution in [0.5, 0.6) is 0 Å². The lowest BCUT2D eigenvalue weighted by Gasteiger charge is -2.25. The van der Waals surface area contributed by atoms with Crippen LogP contribution in [0.15, 0.2) is 176 Å². The Morgan fingerprint density at radius 1 is 0.380 bits per heavy atom. The van der Waals surface area contributed by atoms with E-state index in [-0.39, 0.29) is 0 Å². The molecule has 0 bridgehead atoms. The van der Waals surface area contributed by atoms with Gasteiger partial charge in [-0.2, -0.15) is 0 Å². The molecule has 0 fully saturated rings. The summed E-state index contributed by atoms with van der Waals surface area (Å²) in [4.78, 5) is 10.5. The Morgan fingerprint density at radius 3 is 1.50 bits per heavy atom. The lowest BCUT2D eigenvalue weighted by Crippen LogP contribution is -2.26. The first-order valence-electron chi connectivity index (χ1n) is 16.9. The Bertz CT molecular complexity index is 2880. The van der Waals surface area contributed by atoms with Gasteiger partial charge in [-0.15, -0.1) is 0 Å². The third-order valence-electron chi connectivity index (χ3n) is 10.1. The highest BCUT2D eigenvalue weighted by atomic mass is 31.2. The molecule has 234 valence electrons. The normalized spacial score (nSPS) is 12.1. The molecule has 1 heterocycles. The smallest absolute Gasteiger partial charge is 0.171 e. The predicted molar refractivity (Wildman–Crippen MR) is 211 cm³/mol. The molecule has 0 aliphatic carbocycles. The topological polar surface area (TPSA) is 42.9 Å². The van der Waals surface area contributed by atoms with Gasteiger partial charge in [0.2, 0.25) is 0 Å². The van der Waals surface area contributed by atoms with Gasteiger partial charge in [0.1, 0.15) is 0 Å². The number of hydrogen-bond acceptors (Lipinski definition) is 3. The number of fused-ring (bicyclic) bond motifs is 2. The molecule has 0 N–H and O–H groups in total. The fraction of sp³-hybridized carbons (Fsp3) is 0. The maximum Gasteiger partial charge on any atom is 0.171 e. The molecular weight excluding hydrogens is 627 g/mol. The van der Waals surface area contributed by atoms with Crippen LogP contribution in [0.1, 0.15) is 0 Å². The van der Waals surface area contributed by atoms with E-state index in [0.717, 1.165) is 86.7 Å². The molecule has 3 nitrogen and oxygen atoms in total. The lowest BCUT2D eigenvalue weighted by molar-refractivity contribution is 0.592. The van der Waals surface area contributed by atoms with E-state index in [1.807, 2.05) is 60.7 Å². The van der Waals surface area contributed by atoms with Gasteiger partial charge in [-0.25, -0.2) is 9.97 Å². The van der Waals surface area contributed by atoms with Crippen LogP contribution in [-0.2, 0) is 4.57 Å². The van der Waals surface area contributed by atoms with Gasteiger partial charge in [0.05, 0.1) is 11.0 Å². The molecule has 0 saturated heterocycles. The molecule has 0 spiro atoms. The summed E-state index contributed by atoms with van der Waals surface area (Å²) in [6.45, 7) is 0. The van der Waals surface area contributed by atoms with Gasteiger partial charge in [-0.3, -0.25) is 0 Å². The van der Waals surface area contributed by atoms with Crippen LogP contribution in [0.3, 0.4) is 0 Å². The van der Waals surface area contributed by atoms with E-state index in [4.69, 9.17) is 9.97 Å². The second kappa shape index (κ2) is 11.2. The van der Waals surface area contributed by atoms with Crippen molar-refractivity contribution in [2.75, 3.05) is 0 Å². The Hall–Kier alpha value is -6.15. The second-order valence-corrected chi connectivity index (χ2v) is 15.6. The molecule has 0 atom stereocenters. The monoisotopic (exact) mass is 656 g/mol. The van der Waals surface area contributed by atoms with Crippen molar-refractivity contribution in [1.29, 1.82) is 0 Å². The van der Waals surface area contributed by atoms with Crippen molar-refractivity contribution in [3.8, 4) is 22.5 Å². The van der Waals surface area contributed by atoms with Crippen molar-refractivity contribution in [2.45, 2.75) is 0 Å². The van der Waals surface area contributed by atoms with Gasteiger partial charge in [0.25, 0.3) is 0 Å². The van der Waals surface area contributed by atoms with Crippen LogP contribution < -0.4 is 15.9 Å². The summed E-state index contributed by atoms with van der Waals surface area (Å²) in [5.41, 5.74) is 4.89. The Kier molecular flexibility index (Phi) is 6.46. The quantitative estimate of drug-likeness (QED) is 0.137. The molecule has 0 aliphatic rings. The average molecular weight is 657 g/mol. The number of benzene rings is 9. The van der Waals surface area contributed by atoms with Crippen LogP contribution in [0, 0.1) is 0 Å². The third kappa shape index (κ3) is 4.27. The Morgan fingerprint density at radius 2 is 0.880 bits per heavy atom. The van der Waals surface area contributed by atoms with Crippen molar-refractivity contribution < 1.29 is 4.57 Å². The fourth-order valence-electron chi connectivity index (χ4n) is 7.82. The third-order valence-corrected chi connectivity index (χ3v) is 13.2. The van der Waals surface area contributed by atoms with Gasteiger partial charge in [0.15, 0.2) is 13.0 Å². The summed E-state index contributed by atoms with van der Waals surface area (Å²) in [6, 6.07) is 60.2. The Labute approximate surface area is 289 Å². The van der Waals surface area contributed by atoms with Gasteiger partial charge in [-0.05, 0) is 61.6 Å². The number of rotatable bonds is 5. The zero-order valence-electron chi connectivity index (χ0n) is 27.0. The van der Waals surface area contributed by atoms with Gasteiger partial charge < -0.3 is 4.57 Å². The zero-order valence-corrected chi connectivity index (χ0v) is 27.9.